The van der Waals surface area contributed by atoms with Gasteiger partial charge in [0.1, 0.15) is 5.75 Å². The van der Waals surface area contributed by atoms with Gasteiger partial charge in [-0.25, -0.2) is 0 Å². The number of hydrogen-bond acceptors (Lipinski definition) is 3. The summed E-state index contributed by atoms with van der Waals surface area (Å²) in [6.45, 7) is 5.60. The molecule has 102 valence electrons. The van der Waals surface area contributed by atoms with E-state index >= 15 is 0 Å². The van der Waals surface area contributed by atoms with Crippen molar-refractivity contribution in [2.24, 2.45) is 7.05 Å². The Morgan fingerprint density at radius 3 is 2.53 bits per heavy atom. The van der Waals surface area contributed by atoms with E-state index in [9.17, 15) is 5.11 Å². The van der Waals surface area contributed by atoms with Crippen LogP contribution in [0.25, 0.3) is 0 Å². The second kappa shape index (κ2) is 5.89. The van der Waals surface area contributed by atoms with E-state index < -0.39 is 0 Å². The Labute approximate surface area is 114 Å². The molecule has 4 nitrogen and oxygen atoms in total. The Balaban J connectivity index is 1.85. The average Bonchev–Trinajstić information content (AvgIpc) is 2.77. The third-order valence-corrected chi connectivity index (χ3v) is 3.36. The minimum Gasteiger partial charge on any atom is -0.507 e. The molecule has 0 unspecified atom stereocenters. The van der Waals surface area contributed by atoms with Crippen LogP contribution in [-0.4, -0.2) is 21.4 Å². The van der Waals surface area contributed by atoms with Crippen LogP contribution < -0.4 is 5.32 Å². The molecule has 0 atom stereocenters. The van der Waals surface area contributed by atoms with Gasteiger partial charge in [-0.15, -0.1) is 0 Å². The summed E-state index contributed by atoms with van der Waals surface area (Å²) in [5, 5.41) is 17.3. The van der Waals surface area contributed by atoms with Gasteiger partial charge in [-0.2, -0.15) is 5.10 Å². The fourth-order valence-corrected chi connectivity index (χ4v) is 2.24. The van der Waals surface area contributed by atoms with Crippen LogP contribution in [0.1, 0.15) is 22.4 Å². The molecule has 1 heterocycles. The molecule has 2 aromatic rings. The van der Waals surface area contributed by atoms with Crippen molar-refractivity contribution in [2.75, 3.05) is 6.54 Å². The second-order valence-electron chi connectivity index (χ2n) is 4.95. The highest BCUT2D eigenvalue weighted by Crippen LogP contribution is 2.22. The number of nitrogens with one attached hydrogen (secondary N) is 1. The van der Waals surface area contributed by atoms with Crippen LogP contribution in [-0.2, 0) is 20.0 Å². The quantitative estimate of drug-likeness (QED) is 0.808. The summed E-state index contributed by atoms with van der Waals surface area (Å²) in [6.07, 6.45) is 2.79. The molecule has 2 N–H and O–H groups in total. The van der Waals surface area contributed by atoms with Crippen molar-refractivity contribution in [3.05, 3.63) is 46.8 Å². The third-order valence-electron chi connectivity index (χ3n) is 3.36. The third kappa shape index (κ3) is 3.35. The summed E-state index contributed by atoms with van der Waals surface area (Å²) in [4.78, 5) is 0. The number of benzene rings is 1. The number of aryl methyl sites for hydroxylation is 3. The topological polar surface area (TPSA) is 50.1 Å². The van der Waals surface area contributed by atoms with Gasteiger partial charge in [0.15, 0.2) is 0 Å². The molecular formula is C15H21N3O. The molecule has 4 heteroatoms. The second-order valence-corrected chi connectivity index (χ2v) is 4.95. The summed E-state index contributed by atoms with van der Waals surface area (Å²) in [6, 6.07) is 6.09. The first-order valence-electron chi connectivity index (χ1n) is 6.54. The maximum Gasteiger partial charge on any atom is 0.121 e. The van der Waals surface area contributed by atoms with E-state index in [1.54, 1.807) is 0 Å². The lowest BCUT2D eigenvalue weighted by Gasteiger charge is -2.09. The van der Waals surface area contributed by atoms with E-state index in [0.717, 1.165) is 30.6 Å². The molecule has 0 saturated carbocycles. The smallest absolute Gasteiger partial charge is 0.121 e. The molecule has 1 aromatic carbocycles. The molecule has 0 aliphatic carbocycles. The van der Waals surface area contributed by atoms with Crippen LogP contribution in [0.15, 0.2) is 24.4 Å². The number of phenolic OH excluding ortho intramolecular Hbond substituents is 1. The fraction of sp³-hybridized carbons (Fsp3) is 0.400. The number of hydrogen-bond donors (Lipinski definition) is 2. The van der Waals surface area contributed by atoms with Gasteiger partial charge in [-0.05, 0) is 36.6 Å². The molecule has 2 rings (SSSR count). The molecule has 19 heavy (non-hydrogen) atoms. The Bertz CT molecular complexity index is 537. The molecule has 0 aliphatic heterocycles. The minimum absolute atomic E-state index is 0.402. The van der Waals surface area contributed by atoms with E-state index in [1.165, 1.54) is 11.3 Å². The molecule has 0 spiro atoms. The van der Waals surface area contributed by atoms with Crippen molar-refractivity contribution in [2.45, 2.75) is 26.8 Å². The van der Waals surface area contributed by atoms with Crippen molar-refractivity contribution in [3.63, 3.8) is 0 Å². The van der Waals surface area contributed by atoms with Crippen LogP contribution in [0.3, 0.4) is 0 Å². The predicted octanol–water partition coefficient (Wildman–Crippen LogP) is 2.07. The Kier molecular flexibility index (Phi) is 4.22. The zero-order valence-corrected chi connectivity index (χ0v) is 11.8. The molecule has 0 bridgehead atoms. The predicted molar refractivity (Wildman–Crippen MR) is 76.2 cm³/mol. The maximum atomic E-state index is 9.73. The maximum absolute atomic E-state index is 9.73. The van der Waals surface area contributed by atoms with Crippen LogP contribution in [0.5, 0.6) is 5.75 Å². The highest BCUT2D eigenvalue weighted by Gasteiger charge is 2.03. The van der Waals surface area contributed by atoms with Gasteiger partial charge in [0.25, 0.3) is 0 Å². The van der Waals surface area contributed by atoms with Gasteiger partial charge in [0, 0.05) is 38.4 Å². The lowest BCUT2D eigenvalue weighted by Crippen LogP contribution is -2.18. The van der Waals surface area contributed by atoms with Gasteiger partial charge >= 0.3 is 0 Å². The minimum atomic E-state index is 0.402. The van der Waals surface area contributed by atoms with Gasteiger partial charge < -0.3 is 10.4 Å². The SMILES string of the molecule is Cc1cc(CNCCc2ccnn2C)cc(C)c1O. The van der Waals surface area contributed by atoms with Gasteiger partial charge in [-0.3, -0.25) is 4.68 Å². The fourth-order valence-electron chi connectivity index (χ4n) is 2.24. The Morgan fingerprint density at radius 2 is 1.95 bits per heavy atom. The number of aromatic hydroxyl groups is 1. The molecule has 0 saturated heterocycles. The first kappa shape index (κ1) is 13.6. The average molecular weight is 259 g/mol. The summed E-state index contributed by atoms with van der Waals surface area (Å²) in [5.74, 6) is 0.402. The molecular weight excluding hydrogens is 238 g/mol. The van der Waals surface area contributed by atoms with Crippen molar-refractivity contribution >= 4 is 0 Å². The summed E-state index contributed by atoms with van der Waals surface area (Å²) in [5.41, 5.74) is 4.30. The van der Waals surface area contributed by atoms with E-state index in [1.807, 2.05) is 50.0 Å². The lowest BCUT2D eigenvalue weighted by molar-refractivity contribution is 0.466. The highest BCUT2D eigenvalue weighted by molar-refractivity contribution is 5.42. The Morgan fingerprint density at radius 1 is 1.26 bits per heavy atom. The summed E-state index contributed by atoms with van der Waals surface area (Å²) in [7, 11) is 1.96. The van der Waals surface area contributed by atoms with Crippen LogP contribution in [0, 0.1) is 13.8 Å². The Hall–Kier alpha value is -1.81. The van der Waals surface area contributed by atoms with Crippen molar-refractivity contribution in [1.82, 2.24) is 15.1 Å². The first-order chi connectivity index (χ1) is 9.08. The van der Waals surface area contributed by atoms with Crippen molar-refractivity contribution < 1.29 is 5.11 Å². The number of rotatable bonds is 5. The molecule has 0 radical (unpaired) electrons. The summed E-state index contributed by atoms with van der Waals surface area (Å²) >= 11 is 0. The number of aromatic nitrogens is 2. The molecule has 0 aliphatic rings. The number of nitrogens with zero attached hydrogens (tertiary/aromatic N) is 2. The zero-order valence-electron chi connectivity index (χ0n) is 11.8. The van der Waals surface area contributed by atoms with E-state index in [2.05, 4.69) is 10.4 Å². The van der Waals surface area contributed by atoms with Crippen LogP contribution >= 0.6 is 0 Å². The highest BCUT2D eigenvalue weighted by atomic mass is 16.3. The molecule has 0 fully saturated rings. The number of phenols is 1. The monoisotopic (exact) mass is 259 g/mol. The zero-order chi connectivity index (χ0) is 13.8. The van der Waals surface area contributed by atoms with Crippen LogP contribution in [0.4, 0.5) is 0 Å². The van der Waals surface area contributed by atoms with E-state index in [4.69, 9.17) is 0 Å². The van der Waals surface area contributed by atoms with E-state index in [0.29, 0.717) is 5.75 Å². The van der Waals surface area contributed by atoms with Gasteiger partial charge in [0.2, 0.25) is 0 Å². The van der Waals surface area contributed by atoms with Gasteiger partial charge in [0.05, 0.1) is 0 Å². The van der Waals surface area contributed by atoms with Gasteiger partial charge in [-0.1, -0.05) is 12.1 Å². The van der Waals surface area contributed by atoms with Crippen molar-refractivity contribution in [3.8, 4) is 5.75 Å². The first-order valence-corrected chi connectivity index (χ1v) is 6.54. The largest absolute Gasteiger partial charge is 0.507 e. The van der Waals surface area contributed by atoms with Crippen molar-refractivity contribution in [1.29, 1.82) is 0 Å². The molecule has 1 aromatic heterocycles. The van der Waals surface area contributed by atoms with Crippen LogP contribution in [0.2, 0.25) is 0 Å². The molecule has 0 amide bonds. The lowest BCUT2D eigenvalue weighted by atomic mass is 10.1. The van der Waals surface area contributed by atoms with E-state index in [-0.39, 0.29) is 0 Å². The summed E-state index contributed by atoms with van der Waals surface area (Å²) < 4.78 is 1.90. The normalized spacial score (nSPS) is 10.9. The standard InChI is InChI=1S/C15H21N3O/c1-11-8-13(9-12(2)15(11)19)10-16-6-4-14-5-7-17-18(14)3/h5,7-9,16,19H,4,6,10H2,1-3H3.